The van der Waals surface area contributed by atoms with E-state index in [0.29, 0.717) is 31.0 Å². The average Bonchev–Trinajstić information content (AvgIpc) is 2.93. The lowest BCUT2D eigenvalue weighted by molar-refractivity contribution is 0.0687. The molecule has 0 saturated heterocycles. The van der Waals surface area contributed by atoms with E-state index in [4.69, 9.17) is 0 Å². The Morgan fingerprint density at radius 3 is 2.67 bits per heavy atom. The van der Waals surface area contributed by atoms with Crippen LogP contribution in [0.2, 0.25) is 0 Å². The Balaban J connectivity index is 2.04. The molecule has 1 aliphatic carbocycles. The highest BCUT2D eigenvalue weighted by molar-refractivity contribution is 5.87. The molecule has 2 heterocycles. The van der Waals surface area contributed by atoms with Crippen LogP contribution in [0.5, 0.6) is 0 Å². The van der Waals surface area contributed by atoms with E-state index in [1.54, 1.807) is 0 Å². The van der Waals surface area contributed by atoms with Crippen molar-refractivity contribution < 1.29 is 15.0 Å². The van der Waals surface area contributed by atoms with Crippen molar-refractivity contribution in [2.24, 2.45) is 0 Å². The standard InChI is InChI=1S/C13H18N2O3/c16-9-5-6-15-10(7-9)11(13(17)18)14-12(15)8-3-1-2-4-8/h8-9,16H,1-7H2,(H,17,18). The van der Waals surface area contributed by atoms with Gasteiger partial charge in [-0.15, -0.1) is 0 Å². The maximum atomic E-state index is 11.3. The Morgan fingerprint density at radius 1 is 1.28 bits per heavy atom. The van der Waals surface area contributed by atoms with Gasteiger partial charge in [0.1, 0.15) is 5.82 Å². The molecular formula is C13H18N2O3. The van der Waals surface area contributed by atoms with Gasteiger partial charge in [-0.3, -0.25) is 0 Å². The number of aliphatic hydroxyl groups is 1. The van der Waals surface area contributed by atoms with E-state index in [1.807, 2.05) is 4.57 Å². The number of carbonyl (C=O) groups is 1. The van der Waals surface area contributed by atoms with Crippen molar-refractivity contribution in [2.75, 3.05) is 0 Å². The van der Waals surface area contributed by atoms with Crippen LogP contribution < -0.4 is 0 Å². The van der Waals surface area contributed by atoms with Gasteiger partial charge in [0.2, 0.25) is 0 Å². The van der Waals surface area contributed by atoms with Gasteiger partial charge in [-0.25, -0.2) is 9.78 Å². The molecule has 1 fully saturated rings. The normalized spacial score (nSPS) is 24.2. The topological polar surface area (TPSA) is 75.3 Å². The monoisotopic (exact) mass is 250 g/mol. The zero-order chi connectivity index (χ0) is 12.7. The van der Waals surface area contributed by atoms with Crippen LogP contribution in [-0.4, -0.2) is 31.8 Å². The summed E-state index contributed by atoms with van der Waals surface area (Å²) in [5, 5.41) is 18.9. The highest BCUT2D eigenvalue weighted by Gasteiger charge is 2.31. The van der Waals surface area contributed by atoms with Crippen molar-refractivity contribution >= 4 is 5.97 Å². The lowest BCUT2D eigenvalue weighted by Gasteiger charge is -2.22. The van der Waals surface area contributed by atoms with Gasteiger partial charge in [-0.1, -0.05) is 12.8 Å². The molecule has 2 aliphatic rings. The Hall–Kier alpha value is -1.36. The van der Waals surface area contributed by atoms with Gasteiger partial charge in [0, 0.05) is 18.9 Å². The lowest BCUT2D eigenvalue weighted by Crippen LogP contribution is -2.25. The third-order valence-corrected chi connectivity index (χ3v) is 4.14. The van der Waals surface area contributed by atoms with E-state index >= 15 is 0 Å². The summed E-state index contributed by atoms with van der Waals surface area (Å²) in [4.78, 5) is 15.6. The average molecular weight is 250 g/mol. The fourth-order valence-corrected chi connectivity index (χ4v) is 3.23. The summed E-state index contributed by atoms with van der Waals surface area (Å²) in [6.45, 7) is 0.697. The molecule has 5 nitrogen and oxygen atoms in total. The summed E-state index contributed by atoms with van der Waals surface area (Å²) < 4.78 is 2.05. The number of aliphatic hydroxyl groups excluding tert-OH is 1. The SMILES string of the molecule is O=C(O)c1nc(C2CCCC2)n2c1CC(O)CC2. The highest BCUT2D eigenvalue weighted by atomic mass is 16.4. The molecule has 1 aromatic heterocycles. The molecule has 5 heteroatoms. The fourth-order valence-electron chi connectivity index (χ4n) is 3.23. The van der Waals surface area contributed by atoms with E-state index in [0.717, 1.165) is 18.7 Å². The zero-order valence-electron chi connectivity index (χ0n) is 10.3. The first-order valence-corrected chi connectivity index (χ1v) is 6.67. The van der Waals surface area contributed by atoms with E-state index < -0.39 is 12.1 Å². The van der Waals surface area contributed by atoms with Crippen molar-refractivity contribution in [3.05, 3.63) is 17.2 Å². The van der Waals surface area contributed by atoms with Gasteiger partial charge in [0.25, 0.3) is 0 Å². The number of hydrogen-bond donors (Lipinski definition) is 2. The molecule has 0 bridgehead atoms. The predicted molar refractivity (Wildman–Crippen MR) is 64.7 cm³/mol. The Bertz CT molecular complexity index is 475. The molecule has 1 atom stereocenters. The third kappa shape index (κ3) is 1.82. The molecule has 98 valence electrons. The molecule has 3 rings (SSSR count). The van der Waals surface area contributed by atoms with Crippen molar-refractivity contribution in [2.45, 2.75) is 57.1 Å². The van der Waals surface area contributed by atoms with Gasteiger partial charge in [-0.2, -0.15) is 0 Å². The van der Waals surface area contributed by atoms with Gasteiger partial charge in [-0.05, 0) is 19.3 Å². The maximum Gasteiger partial charge on any atom is 0.356 e. The zero-order valence-corrected chi connectivity index (χ0v) is 10.3. The number of aromatic carboxylic acids is 1. The van der Waals surface area contributed by atoms with Crippen LogP contribution in [0, 0.1) is 0 Å². The quantitative estimate of drug-likeness (QED) is 0.835. The summed E-state index contributed by atoms with van der Waals surface area (Å²) in [7, 11) is 0. The minimum absolute atomic E-state index is 0.149. The molecule has 1 aromatic rings. The summed E-state index contributed by atoms with van der Waals surface area (Å²) >= 11 is 0. The van der Waals surface area contributed by atoms with Crippen molar-refractivity contribution in [1.29, 1.82) is 0 Å². The molecule has 18 heavy (non-hydrogen) atoms. The number of imidazole rings is 1. The third-order valence-electron chi connectivity index (χ3n) is 4.14. The predicted octanol–water partition coefficient (Wildman–Crippen LogP) is 1.55. The highest BCUT2D eigenvalue weighted by Crippen LogP contribution is 2.36. The van der Waals surface area contributed by atoms with Crippen LogP contribution in [0.3, 0.4) is 0 Å². The lowest BCUT2D eigenvalue weighted by atomic mass is 10.0. The summed E-state index contributed by atoms with van der Waals surface area (Å²) in [6, 6.07) is 0. The minimum atomic E-state index is -0.975. The maximum absolute atomic E-state index is 11.3. The molecular weight excluding hydrogens is 232 g/mol. The van der Waals surface area contributed by atoms with Gasteiger partial charge in [0.15, 0.2) is 5.69 Å². The fraction of sp³-hybridized carbons (Fsp3) is 0.692. The first-order valence-electron chi connectivity index (χ1n) is 6.67. The molecule has 0 aromatic carbocycles. The number of carboxylic acids is 1. The molecule has 1 saturated carbocycles. The van der Waals surface area contributed by atoms with E-state index in [2.05, 4.69) is 4.98 Å². The molecule has 0 amide bonds. The van der Waals surface area contributed by atoms with Crippen molar-refractivity contribution in [3.8, 4) is 0 Å². The first-order chi connectivity index (χ1) is 8.66. The van der Waals surface area contributed by atoms with E-state index in [-0.39, 0.29) is 5.69 Å². The molecule has 1 aliphatic heterocycles. The second-order valence-electron chi connectivity index (χ2n) is 5.35. The minimum Gasteiger partial charge on any atom is -0.476 e. The number of aromatic nitrogens is 2. The Morgan fingerprint density at radius 2 is 2.00 bits per heavy atom. The van der Waals surface area contributed by atoms with Crippen LogP contribution >= 0.6 is 0 Å². The Labute approximate surface area is 105 Å². The number of fused-ring (bicyclic) bond motifs is 1. The van der Waals surface area contributed by atoms with Crippen LogP contribution in [-0.2, 0) is 13.0 Å². The summed E-state index contributed by atoms with van der Waals surface area (Å²) in [6.07, 6.45) is 5.32. The molecule has 2 N–H and O–H groups in total. The molecule has 0 spiro atoms. The largest absolute Gasteiger partial charge is 0.476 e. The van der Waals surface area contributed by atoms with Crippen LogP contribution in [0.4, 0.5) is 0 Å². The van der Waals surface area contributed by atoms with Crippen LogP contribution in [0.25, 0.3) is 0 Å². The number of rotatable bonds is 2. The molecule has 0 radical (unpaired) electrons. The van der Waals surface area contributed by atoms with Gasteiger partial charge < -0.3 is 14.8 Å². The Kier molecular flexibility index (Phi) is 2.86. The van der Waals surface area contributed by atoms with Crippen molar-refractivity contribution in [3.63, 3.8) is 0 Å². The summed E-state index contributed by atoms with van der Waals surface area (Å²) in [5.74, 6) is 0.371. The number of nitrogens with zero attached hydrogens (tertiary/aromatic N) is 2. The van der Waals surface area contributed by atoms with Crippen LogP contribution in [0.15, 0.2) is 0 Å². The van der Waals surface area contributed by atoms with Gasteiger partial charge >= 0.3 is 5.97 Å². The van der Waals surface area contributed by atoms with E-state index in [9.17, 15) is 15.0 Å². The smallest absolute Gasteiger partial charge is 0.356 e. The van der Waals surface area contributed by atoms with E-state index in [1.165, 1.54) is 12.8 Å². The van der Waals surface area contributed by atoms with Crippen molar-refractivity contribution in [1.82, 2.24) is 9.55 Å². The first kappa shape index (κ1) is 11.7. The second-order valence-corrected chi connectivity index (χ2v) is 5.35. The number of hydrogen-bond acceptors (Lipinski definition) is 3. The molecule has 1 unspecified atom stereocenters. The van der Waals surface area contributed by atoms with Crippen LogP contribution in [0.1, 0.15) is 60.0 Å². The summed E-state index contributed by atoms with van der Waals surface area (Å²) in [5.41, 5.74) is 0.860. The number of carboxylic acid groups (broad SMARTS) is 1. The van der Waals surface area contributed by atoms with Gasteiger partial charge in [0.05, 0.1) is 11.8 Å². The second kappa shape index (κ2) is 4.39.